The molecule has 7 aromatic carbocycles. The van der Waals surface area contributed by atoms with Crippen molar-refractivity contribution in [1.29, 1.82) is 0 Å². The summed E-state index contributed by atoms with van der Waals surface area (Å²) in [5.74, 6) is 5.46. The topological polar surface area (TPSA) is 35.0 Å². The van der Waals surface area contributed by atoms with Crippen molar-refractivity contribution in [3.8, 4) is 56.5 Å². The van der Waals surface area contributed by atoms with E-state index >= 15 is 0 Å². The van der Waals surface area contributed by atoms with Gasteiger partial charge in [-0.3, -0.25) is 0 Å². The van der Waals surface area contributed by atoms with Gasteiger partial charge in [0.05, 0.1) is 16.8 Å². The first-order chi connectivity index (χ1) is 28.6. The fraction of sp³-hybridized carbons (Fsp3) is 0.200. The molecule has 4 saturated carbocycles. The molecule has 4 fully saturated rings. The van der Waals surface area contributed by atoms with E-state index in [9.17, 15) is 0 Å². The van der Waals surface area contributed by atoms with Gasteiger partial charge in [-0.2, -0.15) is 0 Å². The molecule has 0 amide bonds. The lowest BCUT2D eigenvalue weighted by molar-refractivity contribution is -0.175. The van der Waals surface area contributed by atoms with Gasteiger partial charge < -0.3 is 4.74 Å². The van der Waals surface area contributed by atoms with Gasteiger partial charge in [0.15, 0.2) is 5.82 Å². The van der Waals surface area contributed by atoms with Crippen molar-refractivity contribution < 1.29 is 4.74 Å². The molecule has 276 valence electrons. The Kier molecular flexibility index (Phi) is 6.01. The van der Waals surface area contributed by atoms with E-state index in [0.717, 1.165) is 68.7 Å². The molecule has 1 aliphatic heterocycles. The summed E-state index contributed by atoms with van der Waals surface area (Å²) in [4.78, 5) is 10.7. The van der Waals surface area contributed by atoms with E-state index in [1.807, 2.05) is 0 Å². The zero-order valence-corrected chi connectivity index (χ0v) is 32.2. The van der Waals surface area contributed by atoms with Crippen LogP contribution in [0.4, 0.5) is 0 Å². The third-order valence-electron chi connectivity index (χ3n) is 16.0. The number of fused-ring (bicyclic) bond motifs is 11. The maximum absolute atomic E-state index is 6.91. The molecule has 5 atom stereocenters. The molecule has 2 heterocycles. The molecule has 2 bridgehead atoms. The number of benzene rings is 7. The van der Waals surface area contributed by atoms with Crippen LogP contribution in [0, 0.1) is 23.2 Å². The van der Waals surface area contributed by atoms with Gasteiger partial charge in [-0.15, -0.1) is 0 Å². The summed E-state index contributed by atoms with van der Waals surface area (Å²) in [7, 11) is 0. The molecule has 3 unspecified atom stereocenters. The summed E-state index contributed by atoms with van der Waals surface area (Å²) >= 11 is 0. The quantitative estimate of drug-likeness (QED) is 0.180. The number of para-hydroxylation sites is 1. The van der Waals surface area contributed by atoms with E-state index in [-0.39, 0.29) is 0 Å². The van der Waals surface area contributed by atoms with E-state index < -0.39 is 5.41 Å². The maximum atomic E-state index is 6.91. The van der Waals surface area contributed by atoms with Crippen molar-refractivity contribution in [2.75, 3.05) is 0 Å². The highest BCUT2D eigenvalue weighted by atomic mass is 16.5. The van der Waals surface area contributed by atoms with Crippen molar-refractivity contribution in [3.63, 3.8) is 0 Å². The van der Waals surface area contributed by atoms with Gasteiger partial charge in [0, 0.05) is 27.8 Å². The van der Waals surface area contributed by atoms with E-state index in [4.69, 9.17) is 14.7 Å². The van der Waals surface area contributed by atoms with Gasteiger partial charge in [0.25, 0.3) is 0 Å². The molecular formula is C55H40N2O. The summed E-state index contributed by atoms with van der Waals surface area (Å²) in [6.45, 7) is 0. The van der Waals surface area contributed by atoms with Gasteiger partial charge >= 0.3 is 0 Å². The predicted octanol–water partition coefficient (Wildman–Crippen LogP) is 13.2. The van der Waals surface area contributed by atoms with E-state index in [2.05, 4.69) is 164 Å². The first-order valence-corrected chi connectivity index (χ1v) is 21.2. The van der Waals surface area contributed by atoms with Gasteiger partial charge in [-0.1, -0.05) is 140 Å². The van der Waals surface area contributed by atoms with Crippen LogP contribution < -0.4 is 4.74 Å². The van der Waals surface area contributed by atoms with Crippen LogP contribution in [0.25, 0.3) is 55.8 Å². The molecule has 0 N–H and O–H groups in total. The summed E-state index contributed by atoms with van der Waals surface area (Å²) in [6.07, 6.45) is 7.16. The van der Waals surface area contributed by atoms with Crippen molar-refractivity contribution in [1.82, 2.24) is 9.97 Å². The van der Waals surface area contributed by atoms with Crippen LogP contribution in [0.15, 0.2) is 164 Å². The number of aromatic nitrogens is 2. The van der Waals surface area contributed by atoms with E-state index in [0.29, 0.717) is 10.8 Å². The first kappa shape index (κ1) is 31.7. The Morgan fingerprint density at radius 2 is 1.05 bits per heavy atom. The van der Waals surface area contributed by atoms with E-state index in [1.54, 1.807) is 0 Å². The largest absolute Gasteiger partial charge is 0.457 e. The number of ether oxygens (including phenoxy) is 1. The van der Waals surface area contributed by atoms with Gasteiger partial charge in [0.1, 0.15) is 11.5 Å². The Bertz CT molecular complexity index is 3010. The molecule has 1 aromatic heterocycles. The fourth-order valence-electron chi connectivity index (χ4n) is 13.6. The Balaban J connectivity index is 0.925. The monoisotopic (exact) mass is 744 g/mol. The third-order valence-corrected chi connectivity index (χ3v) is 16.0. The van der Waals surface area contributed by atoms with Crippen LogP contribution in [-0.2, 0) is 10.8 Å². The number of rotatable bonds is 4. The molecule has 3 heteroatoms. The van der Waals surface area contributed by atoms with Crippen LogP contribution in [0.5, 0.6) is 11.5 Å². The highest BCUT2D eigenvalue weighted by molar-refractivity contribution is 5.90. The standard InChI is InChI=1S/C55H40N2O/c1-2-10-35-25-36(18-17-33(35)9-1)48-29-49(57-52(56-48)34-19-22-38(23-20-34)53-30-40-27-39-28-41(31-53)54(39,40)32-53)37-21-24-47-51(26-37)58-50-16-8-7-15-46(50)55(47)44-13-5-3-11-42(44)43-12-4-6-14-45(43)55/h1-26,29,39-41H,27-28,30-32H2/t39?,40-,41+,53?,54?. The second kappa shape index (κ2) is 11.0. The van der Waals surface area contributed by atoms with E-state index in [1.165, 1.54) is 76.3 Å². The van der Waals surface area contributed by atoms with Crippen LogP contribution in [0.1, 0.15) is 59.9 Å². The zero-order chi connectivity index (χ0) is 37.8. The number of hydrogen-bond donors (Lipinski definition) is 0. The molecule has 58 heavy (non-hydrogen) atoms. The van der Waals surface area contributed by atoms with Crippen LogP contribution in [0.2, 0.25) is 0 Å². The lowest BCUT2D eigenvalue weighted by Gasteiger charge is -2.66. The van der Waals surface area contributed by atoms with Crippen molar-refractivity contribution in [2.24, 2.45) is 23.2 Å². The van der Waals surface area contributed by atoms with Crippen molar-refractivity contribution in [2.45, 2.75) is 42.9 Å². The van der Waals surface area contributed by atoms with Crippen molar-refractivity contribution >= 4 is 10.8 Å². The summed E-state index contributed by atoms with van der Waals surface area (Å²) in [5.41, 5.74) is 14.5. The molecule has 3 nitrogen and oxygen atoms in total. The predicted molar refractivity (Wildman–Crippen MR) is 231 cm³/mol. The SMILES string of the molecule is c1ccc2c(c1)Oc1cc(-c3cc(-c4ccc5ccccc5c4)nc(-c4ccc(C56C[C@H]7CC8C[C@@H](C5)C87C6)cc4)n3)ccc1C21c2ccccc2-c2ccccc21. The van der Waals surface area contributed by atoms with Gasteiger partial charge in [0.2, 0.25) is 0 Å². The van der Waals surface area contributed by atoms with Crippen LogP contribution in [-0.4, -0.2) is 9.97 Å². The Hall–Kier alpha value is -6.32. The first-order valence-electron chi connectivity index (χ1n) is 21.2. The molecule has 14 rings (SSSR count). The molecule has 8 aromatic rings. The molecule has 6 aliphatic rings. The highest BCUT2D eigenvalue weighted by Gasteiger charge is 2.77. The average molecular weight is 745 g/mol. The second-order valence-electron chi connectivity index (χ2n) is 18.3. The molecule has 0 saturated heterocycles. The summed E-state index contributed by atoms with van der Waals surface area (Å²) in [6, 6.07) is 59.9. The zero-order valence-electron chi connectivity index (χ0n) is 32.2. The molecule has 5 aliphatic carbocycles. The molecule has 2 spiro atoms. The maximum Gasteiger partial charge on any atom is 0.160 e. The van der Waals surface area contributed by atoms with Gasteiger partial charge in [-0.05, 0) is 124 Å². The third kappa shape index (κ3) is 3.90. The normalized spacial score (nSPS) is 25.5. The Morgan fingerprint density at radius 1 is 0.466 bits per heavy atom. The van der Waals surface area contributed by atoms with Crippen molar-refractivity contribution in [3.05, 3.63) is 192 Å². The average Bonchev–Trinajstić information content (AvgIpc) is 3.88. The number of hydrogen-bond acceptors (Lipinski definition) is 3. The summed E-state index contributed by atoms with van der Waals surface area (Å²) in [5, 5.41) is 2.42. The minimum Gasteiger partial charge on any atom is -0.457 e. The van der Waals surface area contributed by atoms with Crippen LogP contribution in [0.3, 0.4) is 0 Å². The molecular weight excluding hydrogens is 705 g/mol. The number of nitrogens with zero attached hydrogens (tertiary/aromatic N) is 2. The fourth-order valence-corrected chi connectivity index (χ4v) is 13.6. The second-order valence-corrected chi connectivity index (χ2v) is 18.3. The molecule has 0 radical (unpaired) electrons. The van der Waals surface area contributed by atoms with Crippen LogP contribution >= 0.6 is 0 Å². The minimum absolute atomic E-state index is 0.373. The summed E-state index contributed by atoms with van der Waals surface area (Å²) < 4.78 is 6.91. The smallest absolute Gasteiger partial charge is 0.160 e. The van der Waals surface area contributed by atoms with Gasteiger partial charge in [-0.25, -0.2) is 9.97 Å². The Labute approximate surface area is 338 Å². The lowest BCUT2D eigenvalue weighted by Crippen LogP contribution is -2.59. The highest BCUT2D eigenvalue weighted by Crippen LogP contribution is 2.84. The lowest BCUT2D eigenvalue weighted by atomic mass is 9.38. The minimum atomic E-state index is -0.498. The Morgan fingerprint density at radius 3 is 1.76 bits per heavy atom.